The summed E-state index contributed by atoms with van der Waals surface area (Å²) in [5, 5.41) is 10.3. The van der Waals surface area contributed by atoms with Gasteiger partial charge in [0.2, 0.25) is 0 Å². The molecule has 1 amide bonds. The van der Waals surface area contributed by atoms with Gasteiger partial charge in [-0.2, -0.15) is 5.10 Å². The van der Waals surface area contributed by atoms with Gasteiger partial charge in [-0.25, -0.2) is 4.98 Å². The van der Waals surface area contributed by atoms with Crippen LogP contribution >= 0.6 is 0 Å². The number of rotatable bonds is 5. The average molecular weight is 337 g/mol. The van der Waals surface area contributed by atoms with Crippen LogP contribution in [0, 0.1) is 6.92 Å². The number of hydrogen-bond donors (Lipinski definition) is 2. The second-order valence-corrected chi connectivity index (χ2v) is 6.65. The monoisotopic (exact) mass is 337 g/mol. The summed E-state index contributed by atoms with van der Waals surface area (Å²) in [4.78, 5) is 17.0. The number of amides is 1. The number of H-pyrrole nitrogens is 1. The molecule has 0 radical (unpaired) electrons. The number of aromatic nitrogens is 4. The molecule has 1 aliphatic carbocycles. The number of nitrogens with one attached hydrogen (secondary N) is 2. The fourth-order valence-corrected chi connectivity index (χ4v) is 3.67. The summed E-state index contributed by atoms with van der Waals surface area (Å²) in [5.74, 6) is 0.945. The maximum absolute atomic E-state index is 12.4. The van der Waals surface area contributed by atoms with Crippen LogP contribution < -0.4 is 5.32 Å². The minimum atomic E-state index is -0.0633. The van der Waals surface area contributed by atoms with Crippen LogP contribution in [0.4, 0.5) is 0 Å². The second-order valence-electron chi connectivity index (χ2n) is 6.65. The number of hydrogen-bond acceptors (Lipinski definition) is 3. The molecule has 6 heteroatoms. The normalized spacial score (nSPS) is 13.8. The van der Waals surface area contributed by atoms with Crippen molar-refractivity contribution in [3.8, 4) is 0 Å². The summed E-state index contributed by atoms with van der Waals surface area (Å²) in [6.45, 7) is 3.49. The van der Waals surface area contributed by atoms with E-state index in [4.69, 9.17) is 0 Å². The minimum absolute atomic E-state index is 0.0633. The molecule has 4 rings (SSSR count). The summed E-state index contributed by atoms with van der Waals surface area (Å²) in [5.41, 5.74) is 5.00. The van der Waals surface area contributed by atoms with Gasteiger partial charge in [-0.1, -0.05) is 12.1 Å². The van der Waals surface area contributed by atoms with Crippen molar-refractivity contribution in [3.05, 3.63) is 47.0 Å². The summed E-state index contributed by atoms with van der Waals surface area (Å²) in [6.07, 6.45) is 5.13. The summed E-state index contributed by atoms with van der Waals surface area (Å²) in [6, 6.07) is 8.15. The van der Waals surface area contributed by atoms with Gasteiger partial charge in [0.25, 0.3) is 5.91 Å². The third kappa shape index (κ3) is 3.04. The third-order valence-electron chi connectivity index (χ3n) is 4.96. The average Bonchev–Trinajstić information content (AvgIpc) is 3.19. The van der Waals surface area contributed by atoms with Crippen molar-refractivity contribution in [2.75, 3.05) is 6.54 Å². The quantitative estimate of drug-likeness (QED) is 0.703. The smallest absolute Gasteiger partial charge is 0.272 e. The van der Waals surface area contributed by atoms with Gasteiger partial charge in [0.05, 0.1) is 11.0 Å². The molecular weight excluding hydrogens is 314 g/mol. The first-order valence-corrected chi connectivity index (χ1v) is 9.00. The molecule has 0 saturated heterocycles. The molecule has 0 bridgehead atoms. The molecule has 2 heterocycles. The van der Waals surface area contributed by atoms with E-state index in [2.05, 4.69) is 31.1 Å². The van der Waals surface area contributed by atoms with Crippen molar-refractivity contribution in [2.24, 2.45) is 0 Å². The lowest BCUT2D eigenvalue weighted by Gasteiger charge is -2.11. The Kier molecular flexibility index (Phi) is 4.26. The molecule has 0 fully saturated rings. The van der Waals surface area contributed by atoms with Gasteiger partial charge in [-0.05, 0) is 51.2 Å². The maximum atomic E-state index is 12.4. The van der Waals surface area contributed by atoms with Crippen LogP contribution in [0.3, 0.4) is 0 Å². The molecule has 6 nitrogen and oxygen atoms in total. The zero-order chi connectivity index (χ0) is 17.2. The number of carbonyl (C=O) groups is 1. The van der Waals surface area contributed by atoms with Crippen LogP contribution in [0.1, 0.15) is 46.8 Å². The first-order chi connectivity index (χ1) is 12.2. The van der Waals surface area contributed by atoms with Gasteiger partial charge < -0.3 is 9.88 Å². The molecule has 2 N–H and O–H groups in total. The number of aryl methyl sites for hydroxylation is 3. The summed E-state index contributed by atoms with van der Waals surface area (Å²) < 4.78 is 2.21. The number of nitrogens with zero attached hydrogens (tertiary/aromatic N) is 3. The van der Waals surface area contributed by atoms with E-state index in [0.717, 1.165) is 60.3 Å². The Morgan fingerprint density at radius 3 is 3.04 bits per heavy atom. The topological polar surface area (TPSA) is 75.6 Å². The van der Waals surface area contributed by atoms with Gasteiger partial charge in [0.15, 0.2) is 5.69 Å². The number of carbonyl (C=O) groups excluding carboxylic acids is 1. The van der Waals surface area contributed by atoms with Crippen molar-refractivity contribution in [2.45, 2.75) is 45.6 Å². The summed E-state index contributed by atoms with van der Waals surface area (Å²) in [7, 11) is 0. The molecule has 0 spiro atoms. The summed E-state index contributed by atoms with van der Waals surface area (Å²) >= 11 is 0. The molecule has 1 aliphatic rings. The Labute approximate surface area is 146 Å². The zero-order valence-corrected chi connectivity index (χ0v) is 14.5. The van der Waals surface area contributed by atoms with Crippen LogP contribution in [0.15, 0.2) is 24.3 Å². The van der Waals surface area contributed by atoms with Gasteiger partial charge in [-0.3, -0.25) is 9.89 Å². The molecule has 2 aromatic heterocycles. The molecule has 130 valence electrons. The van der Waals surface area contributed by atoms with Crippen molar-refractivity contribution in [3.63, 3.8) is 0 Å². The van der Waals surface area contributed by atoms with Crippen molar-refractivity contribution >= 4 is 16.9 Å². The van der Waals surface area contributed by atoms with E-state index in [9.17, 15) is 4.79 Å². The van der Waals surface area contributed by atoms with Gasteiger partial charge >= 0.3 is 0 Å². The number of benzene rings is 1. The van der Waals surface area contributed by atoms with E-state index in [-0.39, 0.29) is 5.91 Å². The van der Waals surface area contributed by atoms with Crippen LogP contribution in [-0.4, -0.2) is 32.2 Å². The van der Waals surface area contributed by atoms with Crippen LogP contribution in [-0.2, 0) is 19.4 Å². The lowest BCUT2D eigenvalue weighted by Crippen LogP contribution is -2.27. The van der Waals surface area contributed by atoms with E-state index in [1.54, 1.807) is 0 Å². The van der Waals surface area contributed by atoms with Gasteiger partial charge in [0.1, 0.15) is 5.82 Å². The first kappa shape index (κ1) is 15.9. The molecule has 0 unspecified atom stereocenters. The largest absolute Gasteiger partial charge is 0.351 e. The van der Waals surface area contributed by atoms with Gasteiger partial charge in [-0.15, -0.1) is 0 Å². The Bertz CT molecular complexity index is 908. The van der Waals surface area contributed by atoms with E-state index < -0.39 is 0 Å². The van der Waals surface area contributed by atoms with Crippen LogP contribution in [0.25, 0.3) is 11.0 Å². The maximum Gasteiger partial charge on any atom is 0.272 e. The highest BCUT2D eigenvalue weighted by molar-refractivity contribution is 5.94. The number of aromatic amines is 1. The number of imidazole rings is 1. The van der Waals surface area contributed by atoms with Gasteiger partial charge in [0, 0.05) is 24.3 Å². The van der Waals surface area contributed by atoms with Crippen LogP contribution in [0.5, 0.6) is 0 Å². The second kappa shape index (κ2) is 6.70. The van der Waals surface area contributed by atoms with Crippen molar-refractivity contribution < 1.29 is 4.79 Å². The highest BCUT2D eigenvalue weighted by Gasteiger charge is 2.21. The Balaban J connectivity index is 1.35. The Morgan fingerprint density at radius 1 is 1.28 bits per heavy atom. The number of para-hydroxylation sites is 2. The Hall–Kier alpha value is -2.63. The predicted octanol–water partition coefficient (Wildman–Crippen LogP) is 2.77. The fraction of sp³-hybridized carbons (Fsp3) is 0.421. The predicted molar refractivity (Wildman–Crippen MR) is 96.6 cm³/mol. The highest BCUT2D eigenvalue weighted by atomic mass is 16.1. The molecule has 1 aromatic carbocycles. The van der Waals surface area contributed by atoms with Crippen molar-refractivity contribution in [1.82, 2.24) is 25.1 Å². The molecule has 0 aliphatic heterocycles. The van der Waals surface area contributed by atoms with Crippen LogP contribution in [0.2, 0.25) is 0 Å². The molecule has 0 atom stereocenters. The molecule has 3 aromatic rings. The van der Waals surface area contributed by atoms with Crippen molar-refractivity contribution in [1.29, 1.82) is 0 Å². The van der Waals surface area contributed by atoms with E-state index in [0.29, 0.717) is 12.2 Å². The molecule has 0 saturated carbocycles. The minimum Gasteiger partial charge on any atom is -0.351 e. The van der Waals surface area contributed by atoms with E-state index in [1.165, 1.54) is 6.42 Å². The highest BCUT2D eigenvalue weighted by Crippen LogP contribution is 2.22. The van der Waals surface area contributed by atoms with E-state index in [1.807, 2.05) is 25.1 Å². The standard InChI is InChI=1S/C19H23N5O/c1-13-21-16-9-4-5-10-17(16)24(13)12-6-11-20-19(25)18-14-7-2-3-8-15(14)22-23-18/h4-5,9-10H,2-3,6-8,11-12H2,1H3,(H,20,25)(H,22,23). The molecular formula is C19H23N5O. The van der Waals surface area contributed by atoms with E-state index >= 15 is 0 Å². The lowest BCUT2D eigenvalue weighted by molar-refractivity contribution is 0.0946. The molecule has 25 heavy (non-hydrogen) atoms. The lowest BCUT2D eigenvalue weighted by atomic mass is 9.96. The first-order valence-electron chi connectivity index (χ1n) is 9.00. The third-order valence-corrected chi connectivity index (χ3v) is 4.96. The zero-order valence-electron chi connectivity index (χ0n) is 14.5. The number of fused-ring (bicyclic) bond motifs is 2. The Morgan fingerprint density at radius 2 is 2.12 bits per heavy atom. The fourth-order valence-electron chi connectivity index (χ4n) is 3.67. The SMILES string of the molecule is Cc1nc2ccccc2n1CCCNC(=O)c1n[nH]c2c1CCCC2.